The molecule has 1 aromatic carbocycles. The van der Waals surface area contributed by atoms with E-state index in [4.69, 9.17) is 17.3 Å². The van der Waals surface area contributed by atoms with Crippen LogP contribution >= 0.6 is 11.6 Å². The summed E-state index contributed by atoms with van der Waals surface area (Å²) in [6.07, 6.45) is 6.75. The van der Waals surface area contributed by atoms with Crippen LogP contribution in [0.25, 0.3) is 11.1 Å². The number of nitrogens with zero attached hydrogens (tertiary/aromatic N) is 2. The van der Waals surface area contributed by atoms with Crippen LogP contribution in [0.3, 0.4) is 0 Å². The smallest absolute Gasteiger partial charge is 0.267 e. The zero-order valence-corrected chi connectivity index (χ0v) is 15.4. The molecule has 26 heavy (non-hydrogen) atoms. The fourth-order valence-corrected chi connectivity index (χ4v) is 4.49. The maximum Gasteiger partial charge on any atom is 0.267 e. The van der Waals surface area contributed by atoms with Crippen LogP contribution in [0.1, 0.15) is 46.4 Å². The summed E-state index contributed by atoms with van der Waals surface area (Å²) in [6.45, 7) is 0. The zero-order chi connectivity index (χ0) is 18.4. The van der Waals surface area contributed by atoms with Crippen molar-refractivity contribution < 1.29 is 9.59 Å². The first-order chi connectivity index (χ1) is 12.5. The Morgan fingerprint density at radius 2 is 1.88 bits per heavy atom. The number of anilines is 1. The fraction of sp³-hybridized carbons (Fsp3) is 0.350. The number of rotatable bonds is 2. The number of fused-ring (bicyclic) bond motifs is 2. The van der Waals surface area contributed by atoms with E-state index in [-0.39, 0.29) is 5.91 Å². The van der Waals surface area contributed by atoms with Crippen LogP contribution in [-0.4, -0.2) is 23.8 Å². The molecule has 1 aliphatic carbocycles. The second-order valence-corrected chi connectivity index (χ2v) is 7.37. The van der Waals surface area contributed by atoms with Crippen molar-refractivity contribution in [2.24, 2.45) is 5.73 Å². The van der Waals surface area contributed by atoms with Gasteiger partial charge < -0.3 is 10.6 Å². The normalized spacial score (nSPS) is 16.2. The lowest BCUT2D eigenvalue weighted by molar-refractivity contribution is -0.118. The minimum atomic E-state index is -0.474. The van der Waals surface area contributed by atoms with E-state index < -0.39 is 5.91 Å². The van der Waals surface area contributed by atoms with E-state index in [1.54, 1.807) is 18.1 Å². The van der Waals surface area contributed by atoms with Crippen molar-refractivity contribution >= 4 is 29.1 Å². The molecule has 0 unspecified atom stereocenters. The molecule has 5 nitrogen and oxygen atoms in total. The van der Waals surface area contributed by atoms with Crippen LogP contribution < -0.4 is 10.6 Å². The topological polar surface area (TPSA) is 76.3 Å². The summed E-state index contributed by atoms with van der Waals surface area (Å²) in [5.41, 5.74) is 11.9. The number of hydrogen-bond acceptors (Lipinski definition) is 3. The monoisotopic (exact) mass is 369 g/mol. The molecular weight excluding hydrogens is 350 g/mol. The number of pyridine rings is 1. The Morgan fingerprint density at radius 3 is 2.62 bits per heavy atom. The molecule has 0 radical (unpaired) electrons. The predicted molar refractivity (Wildman–Crippen MR) is 102 cm³/mol. The van der Waals surface area contributed by atoms with E-state index >= 15 is 0 Å². The summed E-state index contributed by atoms with van der Waals surface area (Å²) in [5.74, 6) is -0.393. The van der Waals surface area contributed by atoms with Crippen LogP contribution in [0.4, 0.5) is 5.69 Å². The Balaban J connectivity index is 1.88. The molecule has 0 fully saturated rings. The average Bonchev–Trinajstić information content (AvgIpc) is 2.63. The largest absolute Gasteiger partial charge is 0.364 e. The SMILES string of the molecule is CN1C(=O)CCc2cc(-c3cnc(C(N)=O)c4c3CCCC4)cc(Cl)c21. The Morgan fingerprint density at radius 1 is 1.15 bits per heavy atom. The van der Waals surface area contributed by atoms with Gasteiger partial charge in [0.25, 0.3) is 5.91 Å². The molecule has 2 aromatic rings. The zero-order valence-electron chi connectivity index (χ0n) is 14.6. The maximum absolute atomic E-state index is 12.0. The van der Waals surface area contributed by atoms with Crippen LogP contribution in [-0.2, 0) is 24.1 Å². The second-order valence-electron chi connectivity index (χ2n) is 6.97. The van der Waals surface area contributed by atoms with Crippen molar-refractivity contribution in [1.29, 1.82) is 0 Å². The number of halogens is 1. The second kappa shape index (κ2) is 6.40. The summed E-state index contributed by atoms with van der Waals surface area (Å²) < 4.78 is 0. The number of hydrogen-bond donors (Lipinski definition) is 1. The third-order valence-electron chi connectivity index (χ3n) is 5.41. The third-order valence-corrected chi connectivity index (χ3v) is 5.69. The van der Waals surface area contributed by atoms with E-state index in [1.165, 1.54) is 0 Å². The van der Waals surface area contributed by atoms with Gasteiger partial charge in [0, 0.05) is 25.2 Å². The van der Waals surface area contributed by atoms with Gasteiger partial charge in [-0.15, -0.1) is 0 Å². The quantitative estimate of drug-likeness (QED) is 0.882. The van der Waals surface area contributed by atoms with Gasteiger partial charge in [0.2, 0.25) is 5.91 Å². The molecule has 0 saturated heterocycles. The summed E-state index contributed by atoms with van der Waals surface area (Å²) in [6, 6.07) is 3.99. The number of nitrogens with two attached hydrogens (primary N) is 1. The summed E-state index contributed by atoms with van der Waals surface area (Å²) in [4.78, 5) is 29.7. The van der Waals surface area contributed by atoms with Crippen LogP contribution in [0.15, 0.2) is 18.3 Å². The lowest BCUT2D eigenvalue weighted by Crippen LogP contribution is -2.31. The van der Waals surface area contributed by atoms with Crippen molar-refractivity contribution in [3.05, 3.63) is 45.7 Å². The van der Waals surface area contributed by atoms with Crippen LogP contribution in [0, 0.1) is 0 Å². The molecule has 1 aromatic heterocycles. The van der Waals surface area contributed by atoms with Gasteiger partial charge in [-0.05, 0) is 66.5 Å². The first kappa shape index (κ1) is 17.0. The van der Waals surface area contributed by atoms with Gasteiger partial charge >= 0.3 is 0 Å². The molecule has 134 valence electrons. The standard InChI is InChI=1S/C20H20ClN3O2/c1-24-17(25)7-6-11-8-12(9-16(21)19(11)24)15-10-23-18(20(22)26)14-5-3-2-4-13(14)15/h8-10H,2-7H2,1H3,(H2,22,26). The highest BCUT2D eigenvalue weighted by molar-refractivity contribution is 6.34. The highest BCUT2D eigenvalue weighted by atomic mass is 35.5. The third kappa shape index (κ3) is 2.67. The fourth-order valence-electron chi connectivity index (χ4n) is 4.12. The highest BCUT2D eigenvalue weighted by Crippen LogP contribution is 2.40. The molecular formula is C20H20ClN3O2. The number of amides is 2. The minimum Gasteiger partial charge on any atom is -0.364 e. The van der Waals surface area contributed by atoms with E-state index in [0.717, 1.165) is 59.2 Å². The van der Waals surface area contributed by atoms with Crippen molar-refractivity contribution in [2.45, 2.75) is 38.5 Å². The average molecular weight is 370 g/mol. The van der Waals surface area contributed by atoms with Crippen LogP contribution in [0.2, 0.25) is 5.02 Å². The Labute approximate surface area is 157 Å². The number of aromatic nitrogens is 1. The molecule has 0 bridgehead atoms. The Bertz CT molecular complexity index is 939. The highest BCUT2D eigenvalue weighted by Gasteiger charge is 2.26. The first-order valence-corrected chi connectivity index (χ1v) is 9.25. The van der Waals surface area contributed by atoms with Gasteiger partial charge in [-0.3, -0.25) is 14.6 Å². The maximum atomic E-state index is 12.0. The molecule has 1 aliphatic heterocycles. The molecule has 2 amide bonds. The Kier molecular flexibility index (Phi) is 4.19. The summed E-state index contributed by atoms with van der Waals surface area (Å²) in [7, 11) is 1.76. The van der Waals surface area contributed by atoms with E-state index in [2.05, 4.69) is 11.1 Å². The van der Waals surface area contributed by atoms with Gasteiger partial charge in [0.05, 0.1) is 10.7 Å². The van der Waals surface area contributed by atoms with Crippen molar-refractivity contribution in [3.8, 4) is 11.1 Å². The molecule has 0 spiro atoms. The lowest BCUT2D eigenvalue weighted by atomic mass is 9.85. The number of carbonyl (C=O) groups excluding carboxylic acids is 2. The van der Waals surface area contributed by atoms with Gasteiger partial charge in [0.15, 0.2) is 0 Å². The van der Waals surface area contributed by atoms with Crippen LogP contribution in [0.5, 0.6) is 0 Å². The van der Waals surface area contributed by atoms with Gasteiger partial charge in [-0.1, -0.05) is 11.6 Å². The van der Waals surface area contributed by atoms with Gasteiger partial charge in [-0.25, -0.2) is 0 Å². The van der Waals surface area contributed by atoms with E-state index in [0.29, 0.717) is 23.6 Å². The van der Waals surface area contributed by atoms with E-state index in [9.17, 15) is 9.59 Å². The molecule has 0 atom stereocenters. The number of carbonyl (C=O) groups is 2. The number of aryl methyl sites for hydroxylation is 1. The lowest BCUT2D eigenvalue weighted by Gasteiger charge is -2.28. The van der Waals surface area contributed by atoms with Crippen molar-refractivity contribution in [2.75, 3.05) is 11.9 Å². The number of primary amides is 1. The minimum absolute atomic E-state index is 0.0806. The van der Waals surface area contributed by atoms with Gasteiger partial charge in [0.1, 0.15) is 5.69 Å². The molecule has 6 heteroatoms. The molecule has 2 N–H and O–H groups in total. The molecule has 0 saturated carbocycles. The van der Waals surface area contributed by atoms with Gasteiger partial charge in [-0.2, -0.15) is 0 Å². The summed E-state index contributed by atoms with van der Waals surface area (Å²) in [5, 5.41) is 0.566. The predicted octanol–water partition coefficient (Wildman–Crippen LogP) is 3.29. The number of benzene rings is 1. The molecule has 2 heterocycles. The Hall–Kier alpha value is -2.40. The molecule has 4 rings (SSSR count). The van der Waals surface area contributed by atoms with Crippen molar-refractivity contribution in [3.63, 3.8) is 0 Å². The van der Waals surface area contributed by atoms with E-state index in [1.807, 2.05) is 6.07 Å². The summed E-state index contributed by atoms with van der Waals surface area (Å²) >= 11 is 6.53. The first-order valence-electron chi connectivity index (χ1n) is 8.87. The van der Waals surface area contributed by atoms with Crippen molar-refractivity contribution in [1.82, 2.24) is 4.98 Å². The molecule has 2 aliphatic rings.